The fourth-order valence-corrected chi connectivity index (χ4v) is 3.04. The zero-order chi connectivity index (χ0) is 17.6. The smallest absolute Gasteiger partial charge is 0.305 e. The summed E-state index contributed by atoms with van der Waals surface area (Å²) in [5.41, 5.74) is 4.58. The molecule has 0 aliphatic carbocycles. The molecule has 0 heterocycles. The standard InChI is InChI=1S/C22H23NO2/c1-3-23-21-12-8-16(9-13-22(24)25-2)14-20(21)19-11-10-17-6-4-5-7-18(17)15-19/h4-8,10-12,14-15,23H,3,9,13H2,1-2H3. The summed E-state index contributed by atoms with van der Waals surface area (Å²) in [6, 6.07) is 21.2. The van der Waals surface area contributed by atoms with E-state index < -0.39 is 0 Å². The van der Waals surface area contributed by atoms with Crippen LogP contribution in [0, 0.1) is 0 Å². The number of benzene rings is 3. The second-order valence-electron chi connectivity index (χ2n) is 6.05. The molecule has 0 saturated heterocycles. The second-order valence-corrected chi connectivity index (χ2v) is 6.05. The van der Waals surface area contributed by atoms with Crippen molar-refractivity contribution in [3.05, 3.63) is 66.2 Å². The maximum absolute atomic E-state index is 11.4. The molecule has 0 aliphatic rings. The largest absolute Gasteiger partial charge is 0.469 e. The first-order chi connectivity index (χ1) is 12.2. The van der Waals surface area contributed by atoms with Gasteiger partial charge in [0.25, 0.3) is 0 Å². The molecule has 3 nitrogen and oxygen atoms in total. The average molecular weight is 333 g/mol. The van der Waals surface area contributed by atoms with Gasteiger partial charge in [0.2, 0.25) is 0 Å². The number of methoxy groups -OCH3 is 1. The lowest BCUT2D eigenvalue weighted by Crippen LogP contribution is -2.03. The van der Waals surface area contributed by atoms with Crippen molar-refractivity contribution in [2.45, 2.75) is 19.8 Å². The van der Waals surface area contributed by atoms with Crippen LogP contribution in [0.4, 0.5) is 5.69 Å². The van der Waals surface area contributed by atoms with E-state index in [4.69, 9.17) is 4.74 Å². The molecule has 0 saturated carbocycles. The van der Waals surface area contributed by atoms with Gasteiger partial charge in [0, 0.05) is 24.2 Å². The summed E-state index contributed by atoms with van der Waals surface area (Å²) in [5, 5.41) is 5.89. The van der Waals surface area contributed by atoms with Crippen molar-refractivity contribution < 1.29 is 9.53 Å². The van der Waals surface area contributed by atoms with Crippen LogP contribution in [-0.2, 0) is 16.0 Å². The van der Waals surface area contributed by atoms with Gasteiger partial charge in [-0.3, -0.25) is 4.79 Å². The van der Waals surface area contributed by atoms with Crippen LogP contribution in [0.25, 0.3) is 21.9 Å². The number of fused-ring (bicyclic) bond motifs is 1. The summed E-state index contributed by atoms with van der Waals surface area (Å²) >= 11 is 0. The lowest BCUT2D eigenvalue weighted by molar-refractivity contribution is -0.140. The van der Waals surface area contributed by atoms with E-state index in [0.29, 0.717) is 12.8 Å². The first kappa shape index (κ1) is 17.0. The highest BCUT2D eigenvalue weighted by Gasteiger charge is 2.09. The number of carbonyl (C=O) groups excluding carboxylic acids is 1. The number of anilines is 1. The molecule has 0 aromatic heterocycles. The molecular formula is C22H23NO2. The summed E-state index contributed by atoms with van der Waals surface area (Å²) in [7, 11) is 1.43. The number of aryl methyl sites for hydroxylation is 1. The minimum Gasteiger partial charge on any atom is -0.469 e. The number of nitrogens with one attached hydrogen (secondary N) is 1. The highest BCUT2D eigenvalue weighted by Crippen LogP contribution is 2.32. The molecule has 3 aromatic rings. The van der Waals surface area contributed by atoms with E-state index in [9.17, 15) is 4.79 Å². The number of rotatable bonds is 6. The second kappa shape index (κ2) is 7.84. The third kappa shape index (κ3) is 4.00. The molecule has 0 aliphatic heterocycles. The van der Waals surface area contributed by atoms with Crippen LogP contribution >= 0.6 is 0 Å². The molecule has 3 rings (SSSR count). The molecule has 128 valence electrons. The summed E-state index contributed by atoms with van der Waals surface area (Å²) in [5.74, 6) is -0.178. The van der Waals surface area contributed by atoms with E-state index in [1.165, 1.54) is 23.4 Å². The van der Waals surface area contributed by atoms with Gasteiger partial charge >= 0.3 is 5.97 Å². The van der Waals surface area contributed by atoms with Gasteiger partial charge < -0.3 is 10.1 Å². The highest BCUT2D eigenvalue weighted by molar-refractivity contribution is 5.90. The first-order valence-electron chi connectivity index (χ1n) is 8.64. The molecule has 3 heteroatoms. The van der Waals surface area contributed by atoms with Gasteiger partial charge in [0.05, 0.1) is 7.11 Å². The Morgan fingerprint density at radius 2 is 1.80 bits per heavy atom. The first-order valence-corrected chi connectivity index (χ1v) is 8.64. The molecule has 0 atom stereocenters. The molecule has 3 aromatic carbocycles. The zero-order valence-electron chi connectivity index (χ0n) is 14.7. The number of carbonyl (C=O) groups is 1. The van der Waals surface area contributed by atoms with Gasteiger partial charge in [-0.05, 0) is 53.4 Å². The van der Waals surface area contributed by atoms with Crippen LogP contribution in [0.15, 0.2) is 60.7 Å². The molecule has 0 radical (unpaired) electrons. The molecular weight excluding hydrogens is 310 g/mol. The maximum Gasteiger partial charge on any atom is 0.305 e. The van der Waals surface area contributed by atoms with Crippen molar-refractivity contribution in [1.82, 2.24) is 0 Å². The Labute approximate surface area is 148 Å². The Balaban J connectivity index is 1.99. The number of ether oxygens (including phenoxy) is 1. The predicted octanol–water partition coefficient (Wildman–Crippen LogP) is 5.04. The summed E-state index contributed by atoms with van der Waals surface area (Å²) in [4.78, 5) is 11.4. The van der Waals surface area contributed by atoms with Crippen LogP contribution in [0.1, 0.15) is 18.9 Å². The normalized spacial score (nSPS) is 10.6. The van der Waals surface area contributed by atoms with E-state index in [2.05, 4.69) is 72.9 Å². The highest BCUT2D eigenvalue weighted by atomic mass is 16.5. The maximum atomic E-state index is 11.4. The summed E-state index contributed by atoms with van der Waals surface area (Å²) in [6.07, 6.45) is 1.08. The summed E-state index contributed by atoms with van der Waals surface area (Å²) in [6.45, 7) is 2.96. The molecule has 0 fully saturated rings. The lowest BCUT2D eigenvalue weighted by Gasteiger charge is -2.14. The van der Waals surface area contributed by atoms with Gasteiger partial charge in [-0.2, -0.15) is 0 Å². The van der Waals surface area contributed by atoms with Crippen molar-refractivity contribution in [1.29, 1.82) is 0 Å². The van der Waals surface area contributed by atoms with E-state index in [-0.39, 0.29) is 5.97 Å². The summed E-state index contributed by atoms with van der Waals surface area (Å²) < 4.78 is 4.75. The van der Waals surface area contributed by atoms with Crippen molar-refractivity contribution >= 4 is 22.4 Å². The minimum absolute atomic E-state index is 0.178. The molecule has 0 amide bonds. The Kier molecular flexibility index (Phi) is 5.34. The van der Waals surface area contributed by atoms with E-state index >= 15 is 0 Å². The van der Waals surface area contributed by atoms with E-state index in [0.717, 1.165) is 23.4 Å². The van der Waals surface area contributed by atoms with E-state index in [1.807, 2.05) is 0 Å². The third-order valence-electron chi connectivity index (χ3n) is 4.36. The van der Waals surface area contributed by atoms with E-state index in [1.54, 1.807) is 0 Å². The molecule has 0 bridgehead atoms. The number of hydrogen-bond donors (Lipinski definition) is 1. The Morgan fingerprint density at radius 3 is 2.56 bits per heavy atom. The van der Waals surface area contributed by atoms with Gasteiger partial charge in [-0.15, -0.1) is 0 Å². The van der Waals surface area contributed by atoms with Gasteiger partial charge in [-0.1, -0.05) is 42.5 Å². The van der Waals surface area contributed by atoms with Crippen molar-refractivity contribution in [2.24, 2.45) is 0 Å². The van der Waals surface area contributed by atoms with Crippen LogP contribution in [0.3, 0.4) is 0 Å². The van der Waals surface area contributed by atoms with Gasteiger partial charge in [0.15, 0.2) is 0 Å². The van der Waals surface area contributed by atoms with Crippen LogP contribution in [0.2, 0.25) is 0 Å². The molecule has 0 spiro atoms. The van der Waals surface area contributed by atoms with Crippen LogP contribution < -0.4 is 5.32 Å². The molecule has 1 N–H and O–H groups in total. The minimum atomic E-state index is -0.178. The third-order valence-corrected chi connectivity index (χ3v) is 4.36. The van der Waals surface area contributed by atoms with Crippen LogP contribution in [-0.4, -0.2) is 19.6 Å². The molecule has 25 heavy (non-hydrogen) atoms. The molecule has 0 unspecified atom stereocenters. The van der Waals surface area contributed by atoms with Crippen molar-refractivity contribution in [3.63, 3.8) is 0 Å². The van der Waals surface area contributed by atoms with Crippen LogP contribution in [0.5, 0.6) is 0 Å². The number of hydrogen-bond acceptors (Lipinski definition) is 3. The average Bonchev–Trinajstić information content (AvgIpc) is 2.66. The van der Waals surface area contributed by atoms with Gasteiger partial charge in [-0.25, -0.2) is 0 Å². The van der Waals surface area contributed by atoms with Crippen molar-refractivity contribution in [2.75, 3.05) is 19.0 Å². The Morgan fingerprint density at radius 1 is 1.00 bits per heavy atom. The Hall–Kier alpha value is -2.81. The zero-order valence-corrected chi connectivity index (χ0v) is 14.7. The predicted molar refractivity (Wildman–Crippen MR) is 104 cm³/mol. The van der Waals surface area contributed by atoms with Gasteiger partial charge in [0.1, 0.15) is 0 Å². The topological polar surface area (TPSA) is 38.3 Å². The number of esters is 1. The monoisotopic (exact) mass is 333 g/mol. The fraction of sp³-hybridized carbons (Fsp3) is 0.227. The quantitative estimate of drug-likeness (QED) is 0.642. The van der Waals surface area contributed by atoms with Crippen molar-refractivity contribution in [3.8, 4) is 11.1 Å². The lowest BCUT2D eigenvalue weighted by atomic mass is 9.96. The fourth-order valence-electron chi connectivity index (χ4n) is 3.04. The Bertz CT molecular complexity index is 886. The SMILES string of the molecule is CCNc1ccc(CCC(=O)OC)cc1-c1ccc2ccccc2c1.